The van der Waals surface area contributed by atoms with Crippen molar-refractivity contribution in [3.63, 3.8) is 0 Å². The minimum Gasteiger partial charge on any atom is -0.344 e. The molecule has 4 heteroatoms. The van der Waals surface area contributed by atoms with Crippen molar-refractivity contribution in [3.8, 4) is 0 Å². The maximum absolute atomic E-state index is 0. The highest BCUT2D eigenvalue weighted by atomic mass is 35.5. The highest BCUT2D eigenvalue weighted by Gasteiger charge is -0.0775. The Bertz CT molecular complexity index is 7.61. The van der Waals surface area contributed by atoms with Crippen LogP contribution in [0.5, 0.6) is 0 Å². The van der Waals surface area contributed by atoms with Crippen molar-refractivity contribution in [1.29, 1.82) is 0 Å². The van der Waals surface area contributed by atoms with Gasteiger partial charge in [0.1, 0.15) is 0 Å². The highest BCUT2D eigenvalue weighted by molar-refractivity contribution is 5.85. The lowest BCUT2D eigenvalue weighted by atomic mass is 12.0. The summed E-state index contributed by atoms with van der Waals surface area (Å²) < 4.78 is 0. The zero-order chi connectivity index (χ0) is 0. The number of hydrogen-bond donors (Lipinski definition) is 2. The summed E-state index contributed by atoms with van der Waals surface area (Å²) in [5.41, 5.74) is 0. The largest absolute Gasteiger partial charge is 0.344 e. The van der Waals surface area contributed by atoms with Gasteiger partial charge < -0.3 is 12.3 Å². The van der Waals surface area contributed by atoms with E-state index in [0.717, 1.165) is 0 Å². The van der Waals surface area contributed by atoms with Crippen molar-refractivity contribution < 1.29 is 0 Å². The zero-order valence-corrected chi connectivity index (χ0v) is 3.86. The van der Waals surface area contributed by atoms with Gasteiger partial charge in [-0.3, -0.25) is 0 Å². The van der Waals surface area contributed by atoms with E-state index in [9.17, 15) is 0 Å². The minimum atomic E-state index is 0. The maximum atomic E-state index is 0. The van der Waals surface area contributed by atoms with Gasteiger partial charge in [-0.1, -0.05) is 7.43 Å². The second-order valence-electron chi connectivity index (χ2n) is 0. The topological polar surface area (TPSA) is 70.0 Å². The SMILES string of the molecule is C.Cl.Cl.N.N. The number of halogens is 2. The lowest BCUT2D eigenvalue weighted by molar-refractivity contribution is 2.13. The van der Waals surface area contributed by atoms with Gasteiger partial charge in [-0.05, 0) is 0 Å². The molecule has 0 bridgehead atoms. The molecule has 0 rings (SSSR count). The third-order valence-corrected chi connectivity index (χ3v) is 0. The van der Waals surface area contributed by atoms with Crippen molar-refractivity contribution >= 4 is 24.8 Å². The van der Waals surface area contributed by atoms with E-state index in [1.54, 1.807) is 0 Å². The minimum absolute atomic E-state index is 0. The second-order valence-corrected chi connectivity index (χ2v) is 0. The van der Waals surface area contributed by atoms with E-state index >= 15 is 0 Å². The predicted octanol–water partition coefficient (Wildman–Crippen LogP) is 1.80. The van der Waals surface area contributed by atoms with Crippen LogP contribution in [0.25, 0.3) is 0 Å². The fourth-order valence-corrected chi connectivity index (χ4v) is 0. The van der Waals surface area contributed by atoms with Crippen molar-refractivity contribution in [2.45, 2.75) is 7.43 Å². The van der Waals surface area contributed by atoms with Crippen LogP contribution in [0, 0.1) is 0 Å². The van der Waals surface area contributed by atoms with E-state index in [0.29, 0.717) is 0 Å². The Hall–Kier alpha value is 0.500. The molecule has 0 aromatic rings. The Labute approximate surface area is 45.3 Å². The Morgan fingerprint density at radius 3 is 0.600 bits per heavy atom. The predicted molar refractivity (Wildman–Crippen MR) is 31.3 cm³/mol. The molecule has 0 radical (unpaired) electrons. The molecule has 6 N–H and O–H groups in total. The van der Waals surface area contributed by atoms with Gasteiger partial charge in [-0.15, -0.1) is 24.8 Å². The van der Waals surface area contributed by atoms with Crippen molar-refractivity contribution in [1.82, 2.24) is 12.3 Å². The van der Waals surface area contributed by atoms with Crippen LogP contribution in [-0.2, 0) is 0 Å². The fraction of sp³-hybridized carbons (Fsp3) is 1.00. The molecule has 0 aromatic carbocycles. The lowest BCUT2D eigenvalue weighted by Crippen LogP contribution is -0.482. The van der Waals surface area contributed by atoms with Crippen LogP contribution in [0.4, 0.5) is 0 Å². The van der Waals surface area contributed by atoms with Gasteiger partial charge in [0.25, 0.3) is 0 Å². The fourth-order valence-electron chi connectivity index (χ4n) is 0. The van der Waals surface area contributed by atoms with Crippen molar-refractivity contribution in [3.05, 3.63) is 0 Å². The molecule has 0 saturated heterocycles. The summed E-state index contributed by atoms with van der Waals surface area (Å²) in [6.45, 7) is 0. The molecule has 40 valence electrons. The molecule has 0 unspecified atom stereocenters. The molecule has 0 heterocycles. The molecule has 0 fully saturated rings. The van der Waals surface area contributed by atoms with Crippen LogP contribution in [0.3, 0.4) is 0 Å². The summed E-state index contributed by atoms with van der Waals surface area (Å²) in [5, 5.41) is 0. The quantitative estimate of drug-likeness (QED) is 0.515. The Balaban J connectivity index is 0. The van der Waals surface area contributed by atoms with Gasteiger partial charge in [-0.25, -0.2) is 0 Å². The summed E-state index contributed by atoms with van der Waals surface area (Å²) in [6.07, 6.45) is 0. The van der Waals surface area contributed by atoms with Gasteiger partial charge in [-0.2, -0.15) is 0 Å². The first kappa shape index (κ1) is 446. The molecule has 0 aliphatic heterocycles. The summed E-state index contributed by atoms with van der Waals surface area (Å²) in [6, 6.07) is 0. The average Bonchev–Trinajstić information content (AvgIpc) is 0. The number of rotatable bonds is 0. The molecular formula is CH12Cl2N2. The standard InChI is InChI=1S/CH4.2ClH.2H3N/h1H4;2*1H;2*1H3. The van der Waals surface area contributed by atoms with Gasteiger partial charge >= 0.3 is 0 Å². The van der Waals surface area contributed by atoms with E-state index in [2.05, 4.69) is 0 Å². The van der Waals surface area contributed by atoms with Gasteiger partial charge in [0.15, 0.2) is 0 Å². The Morgan fingerprint density at radius 2 is 0.600 bits per heavy atom. The Kier molecular flexibility index (Phi) is 19600. The van der Waals surface area contributed by atoms with Gasteiger partial charge in [0, 0.05) is 0 Å². The van der Waals surface area contributed by atoms with E-state index in [1.165, 1.54) is 0 Å². The Morgan fingerprint density at radius 1 is 0.600 bits per heavy atom. The molecule has 0 amide bonds. The summed E-state index contributed by atoms with van der Waals surface area (Å²) in [7, 11) is 0. The summed E-state index contributed by atoms with van der Waals surface area (Å²) in [5.74, 6) is 0. The first-order valence-electron chi connectivity index (χ1n) is 0. The van der Waals surface area contributed by atoms with Gasteiger partial charge in [0.2, 0.25) is 0 Å². The molecule has 0 aromatic heterocycles. The monoisotopic (exact) mass is 122 g/mol. The van der Waals surface area contributed by atoms with E-state index < -0.39 is 0 Å². The molecule has 0 aliphatic rings. The highest BCUT2D eigenvalue weighted by Crippen LogP contribution is 0.691. The van der Waals surface area contributed by atoms with E-state index in [-0.39, 0.29) is 44.5 Å². The van der Waals surface area contributed by atoms with Crippen LogP contribution in [0.2, 0.25) is 0 Å². The van der Waals surface area contributed by atoms with Crippen LogP contribution in [0.1, 0.15) is 7.43 Å². The molecule has 0 spiro atoms. The summed E-state index contributed by atoms with van der Waals surface area (Å²) in [4.78, 5) is 0. The van der Waals surface area contributed by atoms with Crippen LogP contribution < -0.4 is 12.3 Å². The zero-order valence-electron chi connectivity index (χ0n) is 2.23. The first-order chi connectivity index (χ1) is 0. The van der Waals surface area contributed by atoms with Crippen molar-refractivity contribution in [2.75, 3.05) is 0 Å². The molecular weight excluding hydrogens is 111 g/mol. The smallest absolute Gasteiger partial charge is 0.0776 e. The number of hydrogen-bond acceptors (Lipinski definition) is 2. The second kappa shape index (κ2) is 221. The van der Waals surface area contributed by atoms with Crippen LogP contribution in [-0.4, -0.2) is 0 Å². The molecule has 0 saturated carbocycles. The van der Waals surface area contributed by atoms with Crippen LogP contribution >= 0.6 is 24.8 Å². The lowest BCUT2D eigenvalue weighted by Gasteiger charge is -0.345. The normalized spacial score (nSPS) is 0. The molecule has 5 heavy (non-hydrogen) atoms. The third-order valence-electron chi connectivity index (χ3n) is 0. The molecule has 0 aliphatic carbocycles. The van der Waals surface area contributed by atoms with Crippen LogP contribution in [0.15, 0.2) is 0 Å². The van der Waals surface area contributed by atoms with Gasteiger partial charge in [0.05, 0.1) is 0 Å². The van der Waals surface area contributed by atoms with E-state index in [4.69, 9.17) is 0 Å². The molecule has 2 nitrogen and oxygen atoms in total. The maximum Gasteiger partial charge on any atom is -0.0776 e. The first-order valence-corrected chi connectivity index (χ1v) is 0. The van der Waals surface area contributed by atoms with E-state index in [1.807, 2.05) is 0 Å². The summed E-state index contributed by atoms with van der Waals surface area (Å²) >= 11 is 0. The van der Waals surface area contributed by atoms with Crippen molar-refractivity contribution in [2.24, 2.45) is 0 Å². The average molecular weight is 123 g/mol. The third kappa shape index (κ3) is 113. The molecule has 0 atom stereocenters.